The molecular formula is C15H25N5. The van der Waals surface area contributed by atoms with E-state index < -0.39 is 0 Å². The molecule has 0 atom stereocenters. The Morgan fingerprint density at radius 2 is 2.05 bits per heavy atom. The first-order chi connectivity index (χ1) is 9.31. The highest BCUT2D eigenvalue weighted by Crippen LogP contribution is 2.20. The largest absolute Gasteiger partial charge is 0.366 e. The number of aromatic nitrogens is 3. The summed E-state index contributed by atoms with van der Waals surface area (Å²) in [6, 6.07) is 2.11. The number of hydrogen-bond acceptors (Lipinski definition) is 4. The molecule has 110 valence electrons. The van der Waals surface area contributed by atoms with Gasteiger partial charge >= 0.3 is 0 Å². The van der Waals surface area contributed by atoms with Crippen molar-refractivity contribution in [3.8, 4) is 0 Å². The molecule has 5 heteroatoms. The highest BCUT2D eigenvalue weighted by atomic mass is 15.2. The maximum absolute atomic E-state index is 4.58. The second-order valence-corrected chi connectivity index (χ2v) is 6.39. The van der Waals surface area contributed by atoms with Gasteiger partial charge in [0.05, 0.1) is 5.69 Å². The molecule has 0 amide bonds. The van der Waals surface area contributed by atoms with Crippen LogP contribution in [0.2, 0.25) is 0 Å². The predicted molar refractivity (Wildman–Crippen MR) is 83.3 cm³/mol. The van der Waals surface area contributed by atoms with Gasteiger partial charge < -0.3 is 10.2 Å². The molecule has 0 unspecified atom stereocenters. The van der Waals surface area contributed by atoms with Crippen LogP contribution in [0.1, 0.15) is 39.3 Å². The van der Waals surface area contributed by atoms with Crippen molar-refractivity contribution in [1.82, 2.24) is 19.5 Å². The van der Waals surface area contributed by atoms with Gasteiger partial charge in [-0.3, -0.25) is 0 Å². The number of anilines is 1. The Morgan fingerprint density at radius 1 is 1.35 bits per heavy atom. The summed E-state index contributed by atoms with van der Waals surface area (Å²) < 4.78 is 1.90. The minimum atomic E-state index is 0.0649. The highest BCUT2D eigenvalue weighted by molar-refractivity contribution is 5.68. The Balaban J connectivity index is 2.26. The number of rotatable bonds is 5. The Morgan fingerprint density at radius 3 is 2.65 bits per heavy atom. The third-order valence-electron chi connectivity index (χ3n) is 3.90. The second-order valence-electron chi connectivity index (χ2n) is 6.39. The fraction of sp³-hybridized carbons (Fsp3) is 0.600. The summed E-state index contributed by atoms with van der Waals surface area (Å²) in [7, 11) is 4.18. The van der Waals surface area contributed by atoms with Crippen molar-refractivity contribution >= 4 is 11.3 Å². The van der Waals surface area contributed by atoms with Crippen molar-refractivity contribution in [3.05, 3.63) is 24.2 Å². The molecule has 2 rings (SSSR count). The van der Waals surface area contributed by atoms with Gasteiger partial charge in [-0.25, -0.2) is 9.50 Å². The van der Waals surface area contributed by atoms with Gasteiger partial charge in [0.15, 0.2) is 5.82 Å². The zero-order valence-corrected chi connectivity index (χ0v) is 13.3. The molecule has 2 aromatic rings. The maximum atomic E-state index is 4.58. The molecule has 0 saturated heterocycles. The van der Waals surface area contributed by atoms with Crippen LogP contribution in [0.3, 0.4) is 0 Å². The molecule has 0 saturated carbocycles. The molecule has 2 heterocycles. The van der Waals surface area contributed by atoms with E-state index in [2.05, 4.69) is 68.2 Å². The molecule has 0 aliphatic carbocycles. The third-order valence-corrected chi connectivity index (χ3v) is 3.90. The van der Waals surface area contributed by atoms with Crippen LogP contribution in [0.4, 0.5) is 5.82 Å². The average Bonchev–Trinajstić information content (AvgIpc) is 2.80. The van der Waals surface area contributed by atoms with Gasteiger partial charge in [0.2, 0.25) is 0 Å². The van der Waals surface area contributed by atoms with E-state index in [4.69, 9.17) is 0 Å². The van der Waals surface area contributed by atoms with Crippen LogP contribution in [-0.4, -0.2) is 45.7 Å². The molecule has 20 heavy (non-hydrogen) atoms. The molecule has 0 aromatic carbocycles. The lowest BCUT2D eigenvalue weighted by Gasteiger charge is -2.32. The van der Waals surface area contributed by atoms with Crippen molar-refractivity contribution < 1.29 is 0 Å². The molecule has 0 bridgehead atoms. The van der Waals surface area contributed by atoms with Crippen molar-refractivity contribution in [2.24, 2.45) is 0 Å². The number of fused-ring (bicyclic) bond motifs is 1. The molecule has 0 aliphatic rings. The summed E-state index contributed by atoms with van der Waals surface area (Å²) in [6.07, 6.45) is 3.68. The summed E-state index contributed by atoms with van der Waals surface area (Å²) in [5.74, 6) is 1.31. The maximum Gasteiger partial charge on any atom is 0.152 e. The normalized spacial score (nSPS) is 12.6. The molecule has 5 nitrogen and oxygen atoms in total. The van der Waals surface area contributed by atoms with Crippen LogP contribution in [0, 0.1) is 0 Å². The summed E-state index contributed by atoms with van der Waals surface area (Å²) >= 11 is 0. The molecule has 2 aromatic heterocycles. The first kappa shape index (κ1) is 14.8. The van der Waals surface area contributed by atoms with Crippen molar-refractivity contribution in [2.45, 2.75) is 39.2 Å². The van der Waals surface area contributed by atoms with Gasteiger partial charge in [0.1, 0.15) is 5.52 Å². The molecule has 0 spiro atoms. The monoisotopic (exact) mass is 275 g/mol. The van der Waals surface area contributed by atoms with Crippen molar-refractivity contribution in [3.63, 3.8) is 0 Å². The number of nitrogens with zero attached hydrogens (tertiary/aromatic N) is 4. The minimum Gasteiger partial charge on any atom is -0.366 e. The summed E-state index contributed by atoms with van der Waals surface area (Å²) in [4.78, 5) is 6.66. The minimum absolute atomic E-state index is 0.0649. The number of nitrogens with one attached hydrogen (secondary N) is 1. The standard InChI is InChI=1S/C15H25N5/c1-11(2)12-9-13-14(16-7-8-20(13)18-12)17-10-15(3,4)19(5)6/h7-9,11H,10H2,1-6H3,(H,16,17). The van der Waals surface area contributed by atoms with Gasteiger partial charge in [-0.15, -0.1) is 0 Å². The van der Waals surface area contributed by atoms with Crippen LogP contribution in [0.15, 0.2) is 18.5 Å². The fourth-order valence-electron chi connectivity index (χ4n) is 1.82. The van der Waals surface area contributed by atoms with Crippen LogP contribution in [0.25, 0.3) is 5.52 Å². The van der Waals surface area contributed by atoms with E-state index in [0.29, 0.717) is 5.92 Å². The lowest BCUT2D eigenvalue weighted by molar-refractivity contribution is 0.210. The Hall–Kier alpha value is -1.62. The summed E-state index contributed by atoms with van der Waals surface area (Å²) in [6.45, 7) is 9.54. The van der Waals surface area contributed by atoms with Gasteiger partial charge in [0, 0.05) is 24.5 Å². The lowest BCUT2D eigenvalue weighted by Crippen LogP contribution is -2.44. The molecule has 0 fully saturated rings. The Bertz CT molecular complexity index is 583. The van der Waals surface area contributed by atoms with Crippen LogP contribution >= 0.6 is 0 Å². The van der Waals surface area contributed by atoms with Crippen LogP contribution in [-0.2, 0) is 0 Å². The van der Waals surface area contributed by atoms with E-state index in [1.54, 1.807) is 6.20 Å². The SMILES string of the molecule is CC(C)c1cc2c(NCC(C)(C)N(C)C)nccn2n1. The summed E-state index contributed by atoms with van der Waals surface area (Å²) in [5, 5.41) is 8.03. The summed E-state index contributed by atoms with van der Waals surface area (Å²) in [5.41, 5.74) is 2.19. The molecule has 0 aliphatic heterocycles. The second kappa shape index (κ2) is 5.40. The molecule has 1 N–H and O–H groups in total. The average molecular weight is 275 g/mol. The zero-order chi connectivity index (χ0) is 14.9. The fourth-order valence-corrected chi connectivity index (χ4v) is 1.82. The first-order valence-corrected chi connectivity index (χ1v) is 7.07. The van der Waals surface area contributed by atoms with Crippen LogP contribution in [0.5, 0.6) is 0 Å². The number of hydrogen-bond donors (Lipinski definition) is 1. The van der Waals surface area contributed by atoms with E-state index in [-0.39, 0.29) is 5.54 Å². The Kier molecular flexibility index (Phi) is 3.99. The van der Waals surface area contributed by atoms with Crippen molar-refractivity contribution in [1.29, 1.82) is 0 Å². The third kappa shape index (κ3) is 2.93. The van der Waals surface area contributed by atoms with E-state index >= 15 is 0 Å². The van der Waals surface area contributed by atoms with Gasteiger partial charge in [-0.1, -0.05) is 13.8 Å². The zero-order valence-electron chi connectivity index (χ0n) is 13.3. The smallest absolute Gasteiger partial charge is 0.152 e. The lowest BCUT2D eigenvalue weighted by atomic mass is 10.0. The van der Waals surface area contributed by atoms with Crippen LogP contribution < -0.4 is 5.32 Å². The van der Waals surface area contributed by atoms with Crippen molar-refractivity contribution in [2.75, 3.05) is 26.0 Å². The highest BCUT2D eigenvalue weighted by Gasteiger charge is 2.20. The first-order valence-electron chi connectivity index (χ1n) is 7.07. The number of likely N-dealkylation sites (N-methyl/N-ethyl adjacent to an activating group) is 1. The van der Waals surface area contributed by atoms with Gasteiger partial charge in [-0.2, -0.15) is 5.10 Å². The predicted octanol–water partition coefficient (Wildman–Crippen LogP) is 2.60. The molecule has 0 radical (unpaired) electrons. The Labute approximate surface area is 121 Å². The quantitative estimate of drug-likeness (QED) is 0.911. The van der Waals surface area contributed by atoms with Gasteiger partial charge in [-0.05, 0) is 39.9 Å². The van der Waals surface area contributed by atoms with E-state index in [1.165, 1.54) is 0 Å². The van der Waals surface area contributed by atoms with E-state index in [1.807, 2.05) is 10.7 Å². The van der Waals surface area contributed by atoms with Gasteiger partial charge in [0.25, 0.3) is 0 Å². The van der Waals surface area contributed by atoms with E-state index in [0.717, 1.165) is 23.6 Å². The van der Waals surface area contributed by atoms with E-state index in [9.17, 15) is 0 Å². The molecular weight excluding hydrogens is 250 g/mol. The topological polar surface area (TPSA) is 45.5 Å².